The summed E-state index contributed by atoms with van der Waals surface area (Å²) in [5.74, 6) is -0.666. The molecular formula is C14H10ClF3N2O2. The largest absolute Gasteiger partial charge is 0.481 e. The smallest absolute Gasteiger partial charge is 0.418 e. The number of aromatic nitrogens is 1. The van der Waals surface area contributed by atoms with Crippen molar-refractivity contribution in [3.05, 3.63) is 52.7 Å². The van der Waals surface area contributed by atoms with E-state index >= 15 is 0 Å². The zero-order valence-electron chi connectivity index (χ0n) is 11.2. The van der Waals surface area contributed by atoms with Gasteiger partial charge in [-0.15, -0.1) is 0 Å². The summed E-state index contributed by atoms with van der Waals surface area (Å²) in [6.07, 6.45) is -4.57. The summed E-state index contributed by atoms with van der Waals surface area (Å²) in [4.78, 5) is 15.9. The molecule has 1 amide bonds. The van der Waals surface area contributed by atoms with Gasteiger partial charge < -0.3 is 10.1 Å². The molecule has 116 valence electrons. The number of hydrogen-bond donors (Lipinski definition) is 1. The van der Waals surface area contributed by atoms with Gasteiger partial charge in [-0.25, -0.2) is 4.98 Å². The average Bonchev–Trinajstić information content (AvgIpc) is 2.46. The summed E-state index contributed by atoms with van der Waals surface area (Å²) in [6, 6.07) is 7.19. The van der Waals surface area contributed by atoms with Crippen molar-refractivity contribution >= 4 is 23.2 Å². The van der Waals surface area contributed by atoms with Crippen LogP contribution in [0.4, 0.5) is 18.9 Å². The standard InChI is InChI=1S/C14H10ClF3N2O2/c1-22-12-7-8(6-11(15)20-12)13(21)19-10-5-3-2-4-9(10)14(16,17)18/h2-7H,1H3,(H,19,21). The van der Waals surface area contributed by atoms with Gasteiger partial charge in [-0.05, 0) is 18.2 Å². The van der Waals surface area contributed by atoms with Crippen molar-refractivity contribution in [1.82, 2.24) is 4.98 Å². The highest BCUT2D eigenvalue weighted by Crippen LogP contribution is 2.34. The Hall–Kier alpha value is -2.28. The minimum absolute atomic E-state index is 0.00592. The fourth-order valence-corrected chi connectivity index (χ4v) is 1.94. The Morgan fingerprint density at radius 1 is 1.27 bits per heavy atom. The van der Waals surface area contributed by atoms with Crippen LogP contribution in [0.2, 0.25) is 5.15 Å². The normalized spacial score (nSPS) is 11.1. The molecule has 8 heteroatoms. The van der Waals surface area contributed by atoms with E-state index in [9.17, 15) is 18.0 Å². The van der Waals surface area contributed by atoms with Crippen LogP contribution in [0, 0.1) is 0 Å². The minimum Gasteiger partial charge on any atom is -0.481 e. The number of nitrogens with one attached hydrogen (secondary N) is 1. The molecule has 0 radical (unpaired) electrons. The number of pyridine rings is 1. The Balaban J connectivity index is 2.32. The fourth-order valence-electron chi connectivity index (χ4n) is 1.74. The van der Waals surface area contributed by atoms with Gasteiger partial charge in [-0.1, -0.05) is 23.7 Å². The molecule has 0 aliphatic rings. The second-order valence-corrected chi connectivity index (χ2v) is 4.61. The van der Waals surface area contributed by atoms with Gasteiger partial charge in [0.2, 0.25) is 5.88 Å². The monoisotopic (exact) mass is 330 g/mol. The summed E-state index contributed by atoms with van der Waals surface area (Å²) in [6.45, 7) is 0. The number of rotatable bonds is 3. The molecule has 0 atom stereocenters. The summed E-state index contributed by atoms with van der Waals surface area (Å²) in [5.41, 5.74) is -1.24. The second kappa shape index (κ2) is 6.23. The molecular weight excluding hydrogens is 321 g/mol. The molecule has 0 aliphatic carbocycles. The SMILES string of the molecule is COc1cc(C(=O)Nc2ccccc2C(F)(F)F)cc(Cl)n1. The second-order valence-electron chi connectivity index (χ2n) is 4.22. The first-order valence-electron chi connectivity index (χ1n) is 6.00. The van der Waals surface area contributed by atoms with Gasteiger partial charge in [0.05, 0.1) is 18.4 Å². The third-order valence-corrected chi connectivity index (χ3v) is 2.92. The van der Waals surface area contributed by atoms with Crippen molar-refractivity contribution in [3.8, 4) is 5.88 Å². The summed E-state index contributed by atoms with van der Waals surface area (Å²) in [7, 11) is 1.33. The maximum atomic E-state index is 12.9. The molecule has 0 fully saturated rings. The molecule has 0 unspecified atom stereocenters. The lowest BCUT2D eigenvalue weighted by Gasteiger charge is -2.13. The van der Waals surface area contributed by atoms with Crippen LogP contribution in [0.1, 0.15) is 15.9 Å². The van der Waals surface area contributed by atoms with Gasteiger partial charge >= 0.3 is 6.18 Å². The lowest BCUT2D eigenvalue weighted by Crippen LogP contribution is -2.16. The van der Waals surface area contributed by atoms with Crippen molar-refractivity contribution in [3.63, 3.8) is 0 Å². The summed E-state index contributed by atoms with van der Waals surface area (Å²) in [5, 5.41) is 2.21. The molecule has 2 rings (SSSR count). The van der Waals surface area contributed by atoms with E-state index in [-0.39, 0.29) is 22.3 Å². The van der Waals surface area contributed by atoms with E-state index in [1.807, 2.05) is 0 Å². The topological polar surface area (TPSA) is 51.2 Å². The van der Waals surface area contributed by atoms with Crippen LogP contribution in [0.5, 0.6) is 5.88 Å². The molecule has 1 N–H and O–H groups in total. The van der Waals surface area contributed by atoms with Crippen LogP contribution in [0.3, 0.4) is 0 Å². The fraction of sp³-hybridized carbons (Fsp3) is 0.143. The average molecular weight is 331 g/mol. The number of carbonyl (C=O) groups excluding carboxylic acids is 1. The number of alkyl halides is 3. The molecule has 1 heterocycles. The molecule has 0 saturated heterocycles. The highest BCUT2D eigenvalue weighted by molar-refractivity contribution is 6.30. The number of hydrogen-bond acceptors (Lipinski definition) is 3. The van der Waals surface area contributed by atoms with Crippen molar-refractivity contribution in [2.24, 2.45) is 0 Å². The Morgan fingerprint density at radius 2 is 1.95 bits per heavy atom. The maximum Gasteiger partial charge on any atom is 0.418 e. The van der Waals surface area contributed by atoms with Gasteiger partial charge in [0.15, 0.2) is 0 Å². The van der Waals surface area contributed by atoms with E-state index in [0.29, 0.717) is 0 Å². The number of para-hydroxylation sites is 1. The number of anilines is 1. The first-order chi connectivity index (χ1) is 10.3. The quantitative estimate of drug-likeness (QED) is 0.865. The molecule has 0 bridgehead atoms. The highest BCUT2D eigenvalue weighted by Gasteiger charge is 2.33. The molecule has 0 saturated carbocycles. The van der Waals surface area contributed by atoms with Crippen LogP contribution < -0.4 is 10.1 Å². The summed E-state index contributed by atoms with van der Waals surface area (Å²) < 4.78 is 43.5. The molecule has 0 aliphatic heterocycles. The first kappa shape index (κ1) is 16.1. The van der Waals surface area contributed by atoms with Crippen molar-refractivity contribution in [2.75, 3.05) is 12.4 Å². The van der Waals surface area contributed by atoms with Crippen LogP contribution in [-0.4, -0.2) is 18.0 Å². The first-order valence-corrected chi connectivity index (χ1v) is 6.38. The Morgan fingerprint density at radius 3 is 2.59 bits per heavy atom. The van der Waals surface area contributed by atoms with Crippen LogP contribution in [0.15, 0.2) is 36.4 Å². The number of benzene rings is 1. The van der Waals surface area contributed by atoms with E-state index in [2.05, 4.69) is 10.3 Å². The highest BCUT2D eigenvalue weighted by atomic mass is 35.5. The van der Waals surface area contributed by atoms with Crippen LogP contribution in [0.25, 0.3) is 0 Å². The van der Waals surface area contributed by atoms with Crippen LogP contribution in [-0.2, 0) is 6.18 Å². The lowest BCUT2D eigenvalue weighted by molar-refractivity contribution is -0.136. The number of halogens is 4. The molecule has 1 aromatic heterocycles. The van der Waals surface area contributed by atoms with Gasteiger partial charge in [-0.2, -0.15) is 13.2 Å². The Labute approximate surface area is 128 Å². The van der Waals surface area contributed by atoms with Crippen molar-refractivity contribution < 1.29 is 22.7 Å². The van der Waals surface area contributed by atoms with E-state index < -0.39 is 17.6 Å². The van der Waals surface area contributed by atoms with Crippen molar-refractivity contribution in [1.29, 1.82) is 0 Å². The predicted octanol–water partition coefficient (Wildman–Crippen LogP) is 4.01. The molecule has 1 aromatic carbocycles. The third kappa shape index (κ3) is 3.67. The van der Waals surface area contributed by atoms with E-state index in [4.69, 9.17) is 16.3 Å². The Bertz CT molecular complexity index is 705. The van der Waals surface area contributed by atoms with Gasteiger partial charge in [0, 0.05) is 11.6 Å². The predicted molar refractivity (Wildman–Crippen MR) is 75.2 cm³/mol. The number of methoxy groups -OCH3 is 1. The number of ether oxygens (including phenoxy) is 1. The summed E-state index contributed by atoms with van der Waals surface area (Å²) >= 11 is 5.73. The van der Waals surface area contributed by atoms with Gasteiger partial charge in [-0.3, -0.25) is 4.79 Å². The van der Waals surface area contributed by atoms with Crippen LogP contribution >= 0.6 is 11.6 Å². The number of amides is 1. The van der Waals surface area contributed by atoms with E-state index in [1.54, 1.807) is 0 Å². The van der Waals surface area contributed by atoms with E-state index in [1.165, 1.54) is 37.4 Å². The minimum atomic E-state index is -4.57. The van der Waals surface area contributed by atoms with Crippen molar-refractivity contribution in [2.45, 2.75) is 6.18 Å². The maximum absolute atomic E-state index is 12.9. The van der Waals surface area contributed by atoms with E-state index in [0.717, 1.165) is 6.07 Å². The molecule has 22 heavy (non-hydrogen) atoms. The molecule has 2 aromatic rings. The number of carbonyl (C=O) groups is 1. The molecule has 4 nitrogen and oxygen atoms in total. The van der Waals surface area contributed by atoms with Gasteiger partial charge in [0.1, 0.15) is 5.15 Å². The van der Waals surface area contributed by atoms with Gasteiger partial charge in [0.25, 0.3) is 5.91 Å². The third-order valence-electron chi connectivity index (χ3n) is 2.72. The number of nitrogens with zero attached hydrogens (tertiary/aromatic N) is 1. The zero-order chi connectivity index (χ0) is 16.3. The zero-order valence-corrected chi connectivity index (χ0v) is 12.0. The lowest BCUT2D eigenvalue weighted by atomic mass is 10.1. The Kier molecular flexibility index (Phi) is 4.56. The molecule has 0 spiro atoms.